The number of hydrogen-bond donors (Lipinski definition) is 0. The molecular formula is C26H17N5PtS. The van der Waals surface area contributed by atoms with E-state index in [9.17, 15) is 0 Å². The smallest absolute Gasteiger partial charge is 0.792 e. The van der Waals surface area contributed by atoms with Crippen LogP contribution in [0.15, 0.2) is 108 Å². The fraction of sp³-hybridized carbons (Fsp3) is 0. The Hall–Kier alpha value is -3.47. The first-order chi connectivity index (χ1) is 15.8. The van der Waals surface area contributed by atoms with Gasteiger partial charge in [-0.05, 0) is 47.4 Å². The summed E-state index contributed by atoms with van der Waals surface area (Å²) in [5.74, 6) is 1.50. The van der Waals surface area contributed by atoms with Crippen molar-refractivity contribution in [1.82, 2.24) is 19.9 Å². The number of benzene rings is 2. The van der Waals surface area contributed by atoms with Crippen LogP contribution in [-0.2, 0) is 33.7 Å². The summed E-state index contributed by atoms with van der Waals surface area (Å²) in [6, 6.07) is 32.6. The van der Waals surface area contributed by atoms with Crippen LogP contribution in [0.3, 0.4) is 0 Å². The van der Waals surface area contributed by atoms with E-state index in [-0.39, 0.29) is 21.1 Å². The maximum absolute atomic E-state index is 5.45. The Labute approximate surface area is 212 Å². The summed E-state index contributed by atoms with van der Waals surface area (Å²) >= 11 is 5.45. The maximum atomic E-state index is 5.45. The summed E-state index contributed by atoms with van der Waals surface area (Å²) in [6.45, 7) is 0. The molecule has 0 spiro atoms. The summed E-state index contributed by atoms with van der Waals surface area (Å²) in [5, 5.41) is 0. The van der Waals surface area contributed by atoms with Crippen molar-refractivity contribution in [3.8, 4) is 22.6 Å². The van der Waals surface area contributed by atoms with Crippen molar-refractivity contribution in [2.24, 2.45) is 0 Å². The molecule has 0 unspecified atom stereocenters. The molecule has 3 heterocycles. The molecule has 0 aliphatic heterocycles. The zero-order chi connectivity index (χ0) is 21.8. The van der Waals surface area contributed by atoms with Crippen molar-refractivity contribution in [3.05, 3.63) is 110 Å². The third-order valence-corrected chi connectivity index (χ3v) is 5.21. The molecular weight excluding hydrogens is 609 g/mol. The zero-order valence-electron chi connectivity index (χ0n) is 17.3. The zero-order valence-corrected chi connectivity index (χ0v) is 20.4. The Kier molecular flexibility index (Phi) is 7.18. The Morgan fingerprint density at radius 2 is 1.39 bits per heavy atom. The molecule has 0 aliphatic carbocycles. The summed E-state index contributed by atoms with van der Waals surface area (Å²) < 4.78 is 0. The molecule has 5 rings (SSSR count). The predicted molar refractivity (Wildman–Crippen MR) is 128 cm³/mol. The van der Waals surface area contributed by atoms with Crippen LogP contribution in [0.4, 0.5) is 17.3 Å². The summed E-state index contributed by atoms with van der Waals surface area (Å²) in [4.78, 5) is 20.9. The minimum absolute atomic E-state index is 0. The quantitative estimate of drug-likeness (QED) is 0.182. The molecule has 7 heteroatoms. The van der Waals surface area contributed by atoms with Gasteiger partial charge in [0, 0.05) is 11.9 Å². The van der Waals surface area contributed by atoms with Gasteiger partial charge in [-0.1, -0.05) is 54.6 Å². The second-order valence-corrected chi connectivity index (χ2v) is 7.37. The summed E-state index contributed by atoms with van der Waals surface area (Å²) in [7, 11) is 0. The Morgan fingerprint density at radius 1 is 0.667 bits per heavy atom. The largest absolute Gasteiger partial charge is 2.00 e. The van der Waals surface area contributed by atoms with Crippen LogP contribution in [0.2, 0.25) is 0 Å². The topological polar surface area (TPSA) is 54.8 Å². The van der Waals surface area contributed by atoms with Gasteiger partial charge in [0.1, 0.15) is 18.0 Å². The number of para-hydroxylation sites is 1. The van der Waals surface area contributed by atoms with Gasteiger partial charge in [-0.3, -0.25) is 19.9 Å². The Balaban J connectivity index is 0.00000259. The molecule has 0 bridgehead atoms. The second kappa shape index (κ2) is 10.4. The molecule has 0 aliphatic rings. The normalized spacial score (nSPS) is 10.3. The molecule has 2 aromatic carbocycles. The van der Waals surface area contributed by atoms with Crippen molar-refractivity contribution in [2.45, 2.75) is 4.90 Å². The van der Waals surface area contributed by atoms with E-state index in [2.05, 4.69) is 21.0 Å². The molecule has 0 N–H and O–H groups in total. The average molecular weight is 627 g/mol. The summed E-state index contributed by atoms with van der Waals surface area (Å²) in [6.07, 6.45) is 3.29. The van der Waals surface area contributed by atoms with E-state index in [0.717, 1.165) is 27.8 Å². The molecule has 0 saturated heterocycles. The third kappa shape index (κ3) is 4.97. The van der Waals surface area contributed by atoms with Crippen LogP contribution in [0, 0.1) is 6.07 Å². The van der Waals surface area contributed by atoms with Crippen molar-refractivity contribution in [2.75, 3.05) is 4.90 Å². The first-order valence-electron chi connectivity index (χ1n) is 10.0. The van der Waals surface area contributed by atoms with Crippen LogP contribution in [-0.4, -0.2) is 19.9 Å². The monoisotopic (exact) mass is 626 g/mol. The van der Waals surface area contributed by atoms with Crippen molar-refractivity contribution in [1.29, 1.82) is 0 Å². The average Bonchev–Trinajstić information content (AvgIpc) is 2.86. The van der Waals surface area contributed by atoms with Gasteiger partial charge in [0.2, 0.25) is 0 Å². The van der Waals surface area contributed by atoms with Gasteiger partial charge in [-0.25, -0.2) is 9.88 Å². The minimum atomic E-state index is 0. The van der Waals surface area contributed by atoms with Crippen molar-refractivity contribution in [3.63, 3.8) is 0 Å². The molecule has 5 aromatic rings. The molecule has 5 nitrogen and oxygen atoms in total. The molecule has 3 aromatic heterocycles. The SMILES string of the molecule is [Pt+2].[S-]c1ccccc1-c1[c-]c(-c2cccc(N(c3ccccc3)c3ccccn3)n2)ncn1. The molecule has 0 amide bonds. The maximum Gasteiger partial charge on any atom is 2.00 e. The second-order valence-electron chi connectivity index (χ2n) is 6.93. The first-order valence-corrected chi connectivity index (χ1v) is 10.4. The van der Waals surface area contributed by atoms with Crippen molar-refractivity contribution >= 4 is 30.0 Å². The van der Waals surface area contributed by atoms with Gasteiger partial charge in [0.15, 0.2) is 0 Å². The van der Waals surface area contributed by atoms with Gasteiger partial charge >= 0.3 is 21.1 Å². The number of pyridine rings is 2. The van der Waals surface area contributed by atoms with Gasteiger partial charge in [-0.2, -0.15) is 0 Å². The van der Waals surface area contributed by atoms with E-state index in [1.54, 1.807) is 6.20 Å². The number of aromatic nitrogens is 4. The van der Waals surface area contributed by atoms with Crippen molar-refractivity contribution < 1.29 is 21.1 Å². The van der Waals surface area contributed by atoms with E-state index < -0.39 is 0 Å². The van der Waals surface area contributed by atoms with Crippen LogP contribution in [0.25, 0.3) is 22.6 Å². The van der Waals surface area contributed by atoms with E-state index in [4.69, 9.17) is 17.6 Å². The predicted octanol–water partition coefficient (Wildman–Crippen LogP) is 5.77. The van der Waals surface area contributed by atoms with E-state index in [1.807, 2.05) is 95.9 Å². The standard InChI is InChI=1S/C26H18N5S.Pt/c32-24-13-5-4-11-20(24)22-17-23(29-18-28-22)21-12-8-15-26(30-21)31(19-9-2-1-3-10-19)25-14-6-7-16-27-25;/h1-16,18,32H;/q-1;+2/p-1. The third-order valence-electron chi connectivity index (χ3n) is 4.85. The van der Waals surface area contributed by atoms with Crippen LogP contribution >= 0.6 is 0 Å². The van der Waals surface area contributed by atoms with Gasteiger partial charge in [0.25, 0.3) is 0 Å². The number of hydrogen-bond acceptors (Lipinski definition) is 6. The van der Waals surface area contributed by atoms with Crippen LogP contribution in [0.5, 0.6) is 0 Å². The van der Waals surface area contributed by atoms with Crippen LogP contribution in [0.1, 0.15) is 0 Å². The number of nitrogens with zero attached hydrogens (tertiary/aromatic N) is 5. The van der Waals surface area contributed by atoms with E-state index in [0.29, 0.717) is 17.1 Å². The van der Waals surface area contributed by atoms with Gasteiger partial charge in [-0.15, -0.1) is 17.7 Å². The molecule has 0 fully saturated rings. The van der Waals surface area contributed by atoms with E-state index >= 15 is 0 Å². The molecule has 162 valence electrons. The molecule has 0 atom stereocenters. The number of rotatable bonds is 5. The molecule has 0 saturated carbocycles. The molecule has 33 heavy (non-hydrogen) atoms. The van der Waals surface area contributed by atoms with Gasteiger partial charge < -0.3 is 12.6 Å². The van der Waals surface area contributed by atoms with Crippen LogP contribution < -0.4 is 4.90 Å². The van der Waals surface area contributed by atoms with Gasteiger partial charge in [0.05, 0.1) is 0 Å². The fourth-order valence-electron chi connectivity index (χ4n) is 3.38. The van der Waals surface area contributed by atoms with E-state index in [1.165, 1.54) is 6.33 Å². The first kappa shape index (κ1) is 22.7. The Bertz CT molecular complexity index is 1310. The minimum Gasteiger partial charge on any atom is -0.792 e. The fourth-order valence-corrected chi connectivity index (χ4v) is 3.62. The molecule has 0 radical (unpaired) electrons. The number of anilines is 3. The Morgan fingerprint density at radius 3 is 2.18 bits per heavy atom. The summed E-state index contributed by atoms with van der Waals surface area (Å²) in [5.41, 5.74) is 3.75.